The minimum Gasteiger partial charge on any atom is -0.331 e. The molecule has 0 spiro atoms. The second-order valence-corrected chi connectivity index (χ2v) is 6.37. The molecule has 1 aromatic heterocycles. The van der Waals surface area contributed by atoms with E-state index in [-0.39, 0.29) is 0 Å². The molecule has 0 aromatic carbocycles. The Morgan fingerprint density at radius 2 is 2.29 bits per heavy atom. The molecule has 2 rings (SSSR count). The van der Waals surface area contributed by atoms with E-state index < -0.39 is 0 Å². The molecule has 0 bridgehead atoms. The summed E-state index contributed by atoms with van der Waals surface area (Å²) in [6.07, 6.45) is 7.85. The van der Waals surface area contributed by atoms with E-state index in [4.69, 9.17) is 0 Å². The van der Waals surface area contributed by atoms with E-state index in [0.29, 0.717) is 17.5 Å². The molecular formula is C14H25N3. The molecule has 1 heterocycles. The summed E-state index contributed by atoms with van der Waals surface area (Å²) in [5.41, 5.74) is 1.82. The van der Waals surface area contributed by atoms with Gasteiger partial charge in [0.2, 0.25) is 0 Å². The zero-order valence-corrected chi connectivity index (χ0v) is 11.5. The average molecular weight is 235 g/mol. The molecule has 1 aliphatic carbocycles. The quantitative estimate of drug-likeness (QED) is 0.869. The van der Waals surface area contributed by atoms with Gasteiger partial charge < -0.3 is 9.88 Å². The van der Waals surface area contributed by atoms with Crippen LogP contribution in [-0.2, 0) is 6.54 Å². The Bertz CT molecular complexity index is 365. The Morgan fingerprint density at radius 3 is 2.88 bits per heavy atom. The van der Waals surface area contributed by atoms with E-state index in [0.717, 1.165) is 6.54 Å². The molecule has 96 valence electrons. The summed E-state index contributed by atoms with van der Waals surface area (Å²) < 4.78 is 2.24. The number of nitrogens with zero attached hydrogens (tertiary/aromatic N) is 2. The molecule has 17 heavy (non-hydrogen) atoms. The van der Waals surface area contributed by atoms with Gasteiger partial charge in [0.1, 0.15) is 0 Å². The second kappa shape index (κ2) is 4.81. The van der Waals surface area contributed by atoms with Gasteiger partial charge in [0.05, 0.1) is 12.0 Å². The molecular weight excluding hydrogens is 210 g/mol. The van der Waals surface area contributed by atoms with Crippen molar-refractivity contribution in [1.29, 1.82) is 0 Å². The Balaban J connectivity index is 1.88. The fraction of sp³-hybridized carbons (Fsp3) is 0.786. The average Bonchev–Trinajstić information content (AvgIpc) is 2.81. The van der Waals surface area contributed by atoms with Crippen LogP contribution in [0.5, 0.6) is 0 Å². The zero-order chi connectivity index (χ0) is 12.5. The van der Waals surface area contributed by atoms with E-state index in [1.54, 1.807) is 0 Å². The first kappa shape index (κ1) is 12.6. The van der Waals surface area contributed by atoms with Gasteiger partial charge in [-0.05, 0) is 38.5 Å². The summed E-state index contributed by atoms with van der Waals surface area (Å²) in [5.74, 6) is 0. The molecule has 0 aliphatic heterocycles. The molecule has 0 radical (unpaired) electrons. The monoisotopic (exact) mass is 235 g/mol. The van der Waals surface area contributed by atoms with Crippen molar-refractivity contribution < 1.29 is 0 Å². The van der Waals surface area contributed by atoms with E-state index >= 15 is 0 Å². The third-order valence-corrected chi connectivity index (χ3v) is 3.84. The molecule has 0 amide bonds. The maximum atomic E-state index is 4.24. The summed E-state index contributed by atoms with van der Waals surface area (Å²) in [7, 11) is 0. The predicted octanol–water partition coefficient (Wildman–Crippen LogP) is 3.13. The van der Waals surface area contributed by atoms with Crippen molar-refractivity contribution in [3.8, 4) is 0 Å². The summed E-state index contributed by atoms with van der Waals surface area (Å²) in [5, 5.41) is 3.67. The second-order valence-electron chi connectivity index (χ2n) is 6.37. The first-order valence-electron chi connectivity index (χ1n) is 6.72. The van der Waals surface area contributed by atoms with Crippen LogP contribution in [-0.4, -0.2) is 15.6 Å². The van der Waals surface area contributed by atoms with Crippen molar-refractivity contribution in [2.45, 2.75) is 65.6 Å². The summed E-state index contributed by atoms with van der Waals surface area (Å²) in [6, 6.07) is 1.18. The van der Waals surface area contributed by atoms with Crippen molar-refractivity contribution >= 4 is 0 Å². The number of rotatable bonds is 4. The lowest BCUT2D eigenvalue weighted by Crippen LogP contribution is -2.28. The van der Waals surface area contributed by atoms with Crippen LogP contribution >= 0.6 is 0 Å². The lowest BCUT2D eigenvalue weighted by molar-refractivity contribution is 0.363. The lowest BCUT2D eigenvalue weighted by atomic mass is 9.92. The van der Waals surface area contributed by atoms with E-state index in [1.807, 2.05) is 12.5 Å². The molecule has 3 nitrogen and oxygen atoms in total. The van der Waals surface area contributed by atoms with Crippen LogP contribution < -0.4 is 5.32 Å². The Morgan fingerprint density at radius 1 is 1.53 bits per heavy atom. The fourth-order valence-corrected chi connectivity index (χ4v) is 2.79. The van der Waals surface area contributed by atoms with Crippen LogP contribution in [0.2, 0.25) is 0 Å². The highest BCUT2D eigenvalue weighted by molar-refractivity contribution is 5.00. The lowest BCUT2D eigenvalue weighted by Gasteiger charge is -2.18. The van der Waals surface area contributed by atoms with Crippen LogP contribution in [0.15, 0.2) is 12.5 Å². The summed E-state index contributed by atoms with van der Waals surface area (Å²) in [6.45, 7) is 10.1. The number of nitrogens with one attached hydrogen (secondary N) is 1. The number of aromatic nitrogens is 2. The van der Waals surface area contributed by atoms with Crippen LogP contribution in [0.25, 0.3) is 0 Å². The van der Waals surface area contributed by atoms with Gasteiger partial charge in [-0.3, -0.25) is 0 Å². The third kappa shape index (κ3) is 3.09. The first-order chi connectivity index (χ1) is 7.98. The van der Waals surface area contributed by atoms with Gasteiger partial charge in [0.25, 0.3) is 0 Å². The minimum atomic E-state index is 0.495. The van der Waals surface area contributed by atoms with Crippen LogP contribution in [0.4, 0.5) is 0 Å². The standard InChI is InChI=1S/C14H25N3/c1-11(2)17-10-15-8-13(17)9-16-12-5-6-14(3,4)7-12/h8,10-12,16H,5-7,9H2,1-4H3. The highest BCUT2D eigenvalue weighted by Crippen LogP contribution is 2.36. The van der Waals surface area contributed by atoms with Gasteiger partial charge in [0, 0.05) is 24.8 Å². The Kier molecular flexibility index (Phi) is 3.57. The van der Waals surface area contributed by atoms with Crippen molar-refractivity contribution in [2.75, 3.05) is 0 Å². The van der Waals surface area contributed by atoms with Gasteiger partial charge >= 0.3 is 0 Å². The van der Waals surface area contributed by atoms with E-state index in [2.05, 4.69) is 42.6 Å². The highest BCUT2D eigenvalue weighted by atomic mass is 15.1. The summed E-state index contributed by atoms with van der Waals surface area (Å²) in [4.78, 5) is 4.24. The van der Waals surface area contributed by atoms with Crippen LogP contribution in [0, 0.1) is 5.41 Å². The predicted molar refractivity (Wildman–Crippen MR) is 70.9 cm³/mol. The molecule has 0 saturated heterocycles. The highest BCUT2D eigenvalue weighted by Gasteiger charge is 2.30. The van der Waals surface area contributed by atoms with Gasteiger partial charge in [-0.25, -0.2) is 4.98 Å². The molecule has 1 aliphatic rings. The molecule has 1 aromatic rings. The van der Waals surface area contributed by atoms with E-state index in [9.17, 15) is 0 Å². The van der Waals surface area contributed by atoms with Crippen LogP contribution in [0.3, 0.4) is 0 Å². The maximum absolute atomic E-state index is 4.24. The van der Waals surface area contributed by atoms with Crippen LogP contribution in [0.1, 0.15) is 58.7 Å². The van der Waals surface area contributed by atoms with Gasteiger partial charge in [-0.15, -0.1) is 0 Å². The SMILES string of the molecule is CC(C)n1cncc1CNC1CCC(C)(C)C1. The van der Waals surface area contributed by atoms with E-state index in [1.165, 1.54) is 25.0 Å². The van der Waals surface area contributed by atoms with Gasteiger partial charge in [-0.1, -0.05) is 13.8 Å². The zero-order valence-electron chi connectivity index (χ0n) is 11.5. The molecule has 3 heteroatoms. The molecule has 1 N–H and O–H groups in total. The van der Waals surface area contributed by atoms with Crippen molar-refractivity contribution in [1.82, 2.24) is 14.9 Å². The topological polar surface area (TPSA) is 29.9 Å². The molecule has 1 atom stereocenters. The molecule has 1 saturated carbocycles. The van der Waals surface area contributed by atoms with Crippen molar-refractivity contribution in [3.63, 3.8) is 0 Å². The maximum Gasteiger partial charge on any atom is 0.0951 e. The fourth-order valence-electron chi connectivity index (χ4n) is 2.79. The van der Waals surface area contributed by atoms with Gasteiger partial charge in [0.15, 0.2) is 0 Å². The number of hydrogen-bond acceptors (Lipinski definition) is 2. The number of imidazole rings is 1. The number of hydrogen-bond donors (Lipinski definition) is 1. The minimum absolute atomic E-state index is 0.495. The smallest absolute Gasteiger partial charge is 0.0951 e. The Hall–Kier alpha value is -0.830. The Labute approximate surface area is 105 Å². The summed E-state index contributed by atoms with van der Waals surface area (Å²) >= 11 is 0. The molecule has 1 unspecified atom stereocenters. The normalized spacial score (nSPS) is 23.5. The first-order valence-corrected chi connectivity index (χ1v) is 6.72. The molecule has 1 fully saturated rings. The van der Waals surface area contributed by atoms with Gasteiger partial charge in [-0.2, -0.15) is 0 Å². The van der Waals surface area contributed by atoms with Crippen molar-refractivity contribution in [2.24, 2.45) is 5.41 Å². The van der Waals surface area contributed by atoms with Crippen molar-refractivity contribution in [3.05, 3.63) is 18.2 Å². The third-order valence-electron chi connectivity index (χ3n) is 3.84. The largest absolute Gasteiger partial charge is 0.331 e.